The van der Waals surface area contributed by atoms with Crippen LogP contribution in [0.1, 0.15) is 43.4 Å². The minimum Gasteiger partial charge on any atom is -0.349 e. The maximum absolute atomic E-state index is 12.8. The molecule has 130 valence electrons. The van der Waals surface area contributed by atoms with Crippen molar-refractivity contribution in [3.05, 3.63) is 35.4 Å². The van der Waals surface area contributed by atoms with Gasteiger partial charge in [0, 0.05) is 6.54 Å². The number of carbonyl (C=O) groups excluding carboxylic acids is 1. The van der Waals surface area contributed by atoms with E-state index in [0.717, 1.165) is 31.5 Å². The van der Waals surface area contributed by atoms with E-state index in [1.54, 1.807) is 6.07 Å². The normalized spacial score (nSPS) is 19.0. The lowest BCUT2D eigenvalue weighted by Crippen LogP contribution is -2.35. The van der Waals surface area contributed by atoms with Crippen molar-refractivity contribution in [1.29, 1.82) is 0 Å². The smallest absolute Gasteiger partial charge is 0.349 e. The third-order valence-corrected chi connectivity index (χ3v) is 3.94. The van der Waals surface area contributed by atoms with Crippen LogP contribution < -0.4 is 10.6 Å². The first-order chi connectivity index (χ1) is 10.4. The molecule has 0 spiro atoms. The maximum Gasteiger partial charge on any atom is 0.416 e. The Bertz CT molecular complexity index is 516. The second-order valence-electron chi connectivity index (χ2n) is 5.66. The molecule has 0 aliphatic carbocycles. The van der Waals surface area contributed by atoms with Crippen molar-refractivity contribution in [2.24, 2.45) is 5.92 Å². The molecule has 1 aromatic carbocycles. The summed E-state index contributed by atoms with van der Waals surface area (Å²) in [4.78, 5) is 12.2. The Labute approximate surface area is 140 Å². The molecular formula is C16H22ClF3N2O. The monoisotopic (exact) mass is 350 g/mol. The fourth-order valence-corrected chi connectivity index (χ4v) is 2.71. The minimum atomic E-state index is -4.37. The van der Waals surface area contributed by atoms with Crippen LogP contribution in [0.3, 0.4) is 0 Å². The molecule has 0 radical (unpaired) electrons. The molecule has 2 atom stereocenters. The van der Waals surface area contributed by atoms with Gasteiger partial charge in [0.1, 0.15) is 0 Å². The van der Waals surface area contributed by atoms with Gasteiger partial charge in [-0.15, -0.1) is 12.4 Å². The molecular weight excluding hydrogens is 329 g/mol. The van der Waals surface area contributed by atoms with Gasteiger partial charge in [-0.3, -0.25) is 4.79 Å². The predicted molar refractivity (Wildman–Crippen MR) is 85.5 cm³/mol. The molecule has 1 aliphatic rings. The molecule has 2 unspecified atom stereocenters. The first-order valence-electron chi connectivity index (χ1n) is 7.60. The zero-order valence-electron chi connectivity index (χ0n) is 13.0. The van der Waals surface area contributed by atoms with Crippen molar-refractivity contribution in [1.82, 2.24) is 10.6 Å². The van der Waals surface area contributed by atoms with Gasteiger partial charge >= 0.3 is 6.18 Å². The fourth-order valence-electron chi connectivity index (χ4n) is 2.71. The molecule has 1 fully saturated rings. The van der Waals surface area contributed by atoms with E-state index in [2.05, 4.69) is 10.6 Å². The Morgan fingerprint density at radius 1 is 1.43 bits per heavy atom. The molecule has 7 heteroatoms. The molecule has 0 bridgehead atoms. The van der Waals surface area contributed by atoms with Crippen LogP contribution in [0.2, 0.25) is 0 Å². The average molecular weight is 351 g/mol. The van der Waals surface area contributed by atoms with Crippen molar-refractivity contribution in [3.63, 3.8) is 0 Å². The molecule has 0 saturated carbocycles. The SMILES string of the molecule is CCCC(NC(=O)C1CCNC1)c1cccc(C(F)(F)F)c1.Cl. The van der Waals surface area contributed by atoms with Crippen LogP contribution in [-0.4, -0.2) is 19.0 Å². The first kappa shape index (κ1) is 19.8. The van der Waals surface area contributed by atoms with Crippen molar-refractivity contribution in [2.45, 2.75) is 38.4 Å². The number of nitrogens with one attached hydrogen (secondary N) is 2. The Morgan fingerprint density at radius 2 is 2.17 bits per heavy atom. The van der Waals surface area contributed by atoms with Crippen LogP contribution in [0.25, 0.3) is 0 Å². The van der Waals surface area contributed by atoms with Crippen LogP contribution >= 0.6 is 12.4 Å². The van der Waals surface area contributed by atoms with Crippen molar-refractivity contribution in [2.75, 3.05) is 13.1 Å². The summed E-state index contributed by atoms with van der Waals surface area (Å²) in [5, 5.41) is 6.03. The Morgan fingerprint density at radius 3 is 2.74 bits per heavy atom. The minimum absolute atomic E-state index is 0. The molecule has 23 heavy (non-hydrogen) atoms. The second kappa shape index (κ2) is 8.55. The number of halogens is 4. The van der Waals surface area contributed by atoms with Gasteiger partial charge in [-0.2, -0.15) is 13.2 Å². The highest BCUT2D eigenvalue weighted by Gasteiger charge is 2.31. The molecule has 1 aromatic rings. The number of carbonyl (C=O) groups is 1. The van der Waals surface area contributed by atoms with Crippen LogP contribution in [-0.2, 0) is 11.0 Å². The summed E-state index contributed by atoms with van der Waals surface area (Å²) in [6.07, 6.45) is -2.20. The molecule has 1 saturated heterocycles. The van der Waals surface area contributed by atoms with Crippen LogP contribution in [0.4, 0.5) is 13.2 Å². The average Bonchev–Trinajstić information content (AvgIpc) is 3.00. The van der Waals surface area contributed by atoms with Gasteiger partial charge in [0.15, 0.2) is 0 Å². The third-order valence-electron chi connectivity index (χ3n) is 3.94. The van der Waals surface area contributed by atoms with Gasteiger partial charge in [0.2, 0.25) is 5.91 Å². The van der Waals surface area contributed by atoms with E-state index in [1.165, 1.54) is 6.07 Å². The summed E-state index contributed by atoms with van der Waals surface area (Å²) in [5.41, 5.74) is -0.168. The second-order valence-corrected chi connectivity index (χ2v) is 5.66. The Hall–Kier alpha value is -1.27. The zero-order chi connectivity index (χ0) is 16.2. The molecule has 1 heterocycles. The van der Waals surface area contributed by atoms with E-state index in [-0.39, 0.29) is 30.3 Å². The van der Waals surface area contributed by atoms with E-state index in [9.17, 15) is 18.0 Å². The quantitative estimate of drug-likeness (QED) is 0.850. The predicted octanol–water partition coefficient (Wildman–Crippen LogP) is 3.69. The van der Waals surface area contributed by atoms with E-state index in [4.69, 9.17) is 0 Å². The largest absolute Gasteiger partial charge is 0.416 e. The molecule has 1 aliphatic heterocycles. The number of hydrogen-bond donors (Lipinski definition) is 2. The van der Waals surface area contributed by atoms with Crippen molar-refractivity contribution < 1.29 is 18.0 Å². The number of rotatable bonds is 5. The Balaban J connectivity index is 0.00000264. The van der Waals surface area contributed by atoms with Crippen LogP contribution in [0.15, 0.2) is 24.3 Å². The lowest BCUT2D eigenvalue weighted by Gasteiger charge is -2.21. The van der Waals surface area contributed by atoms with Gasteiger partial charge < -0.3 is 10.6 Å². The third kappa shape index (κ3) is 5.39. The van der Waals surface area contributed by atoms with E-state index in [1.807, 2.05) is 6.92 Å². The van der Waals surface area contributed by atoms with Crippen LogP contribution in [0, 0.1) is 5.92 Å². The lowest BCUT2D eigenvalue weighted by molar-refractivity contribution is -0.137. The van der Waals surface area contributed by atoms with E-state index >= 15 is 0 Å². The highest BCUT2D eigenvalue weighted by Crippen LogP contribution is 2.31. The summed E-state index contributed by atoms with van der Waals surface area (Å²) in [6.45, 7) is 3.39. The van der Waals surface area contributed by atoms with E-state index in [0.29, 0.717) is 18.5 Å². The summed E-state index contributed by atoms with van der Waals surface area (Å²) in [7, 11) is 0. The van der Waals surface area contributed by atoms with Crippen molar-refractivity contribution in [3.8, 4) is 0 Å². The number of alkyl halides is 3. The number of benzene rings is 1. The number of hydrogen-bond acceptors (Lipinski definition) is 2. The van der Waals surface area contributed by atoms with Gasteiger partial charge in [-0.25, -0.2) is 0 Å². The highest BCUT2D eigenvalue weighted by atomic mass is 35.5. The highest BCUT2D eigenvalue weighted by molar-refractivity contribution is 5.85. The first-order valence-corrected chi connectivity index (χ1v) is 7.60. The lowest BCUT2D eigenvalue weighted by atomic mass is 9.98. The summed E-state index contributed by atoms with van der Waals surface area (Å²) >= 11 is 0. The van der Waals surface area contributed by atoms with Gasteiger partial charge in [0.25, 0.3) is 0 Å². The van der Waals surface area contributed by atoms with Gasteiger partial charge in [-0.05, 0) is 37.1 Å². The topological polar surface area (TPSA) is 41.1 Å². The summed E-state index contributed by atoms with van der Waals surface area (Å²) in [5.74, 6) is -0.175. The van der Waals surface area contributed by atoms with Crippen LogP contribution in [0.5, 0.6) is 0 Å². The summed E-state index contributed by atoms with van der Waals surface area (Å²) in [6, 6.07) is 4.84. The maximum atomic E-state index is 12.8. The number of amides is 1. The molecule has 2 N–H and O–H groups in total. The molecule has 0 aromatic heterocycles. The molecule has 3 nitrogen and oxygen atoms in total. The van der Waals surface area contributed by atoms with Crippen molar-refractivity contribution >= 4 is 18.3 Å². The Kier molecular flexibility index (Phi) is 7.35. The van der Waals surface area contributed by atoms with Gasteiger partial charge in [0.05, 0.1) is 17.5 Å². The molecule has 1 amide bonds. The molecule has 2 rings (SSSR count). The fraction of sp³-hybridized carbons (Fsp3) is 0.562. The standard InChI is InChI=1S/C16H21F3N2O.ClH/c1-2-4-14(21-15(22)12-7-8-20-10-12)11-5-3-6-13(9-11)16(17,18)19;/h3,5-6,9,12,14,20H,2,4,7-8,10H2,1H3,(H,21,22);1H. The van der Waals surface area contributed by atoms with E-state index < -0.39 is 11.7 Å². The van der Waals surface area contributed by atoms with Gasteiger partial charge in [-0.1, -0.05) is 25.5 Å². The summed E-state index contributed by atoms with van der Waals surface area (Å²) < 4.78 is 38.5. The zero-order valence-corrected chi connectivity index (χ0v) is 13.8.